The third kappa shape index (κ3) is 3.16. The second kappa shape index (κ2) is 6.49. The molecular weight excluding hydrogens is 290 g/mol. The van der Waals surface area contributed by atoms with Gasteiger partial charge in [-0.25, -0.2) is 4.98 Å². The van der Waals surface area contributed by atoms with E-state index in [9.17, 15) is 4.79 Å². The molecule has 0 fully saturated rings. The molecular formula is C18H17N3O2. The average molecular weight is 307 g/mol. The predicted molar refractivity (Wildman–Crippen MR) is 87.1 cm³/mol. The zero-order valence-corrected chi connectivity index (χ0v) is 12.9. The number of pyridine rings is 1. The molecule has 0 saturated heterocycles. The monoisotopic (exact) mass is 307 g/mol. The number of ketones is 1. The number of carbonyl (C=O) groups is 1. The number of ether oxygens (including phenoxy) is 1. The molecule has 0 bridgehead atoms. The first-order valence-electron chi connectivity index (χ1n) is 7.55. The molecule has 1 heterocycles. The van der Waals surface area contributed by atoms with Gasteiger partial charge in [0.15, 0.2) is 5.78 Å². The van der Waals surface area contributed by atoms with Crippen molar-refractivity contribution in [3.63, 3.8) is 0 Å². The Balaban J connectivity index is 1.85. The first-order valence-corrected chi connectivity index (χ1v) is 7.55. The SMILES string of the molecule is COc1cc(Nc2ccc3c(n2)CCCC3=O)ccc1CC#N. The summed E-state index contributed by atoms with van der Waals surface area (Å²) in [5.41, 5.74) is 3.28. The largest absolute Gasteiger partial charge is 0.496 e. The fourth-order valence-corrected chi connectivity index (χ4v) is 2.77. The molecule has 0 aliphatic heterocycles. The molecule has 23 heavy (non-hydrogen) atoms. The number of fused-ring (bicyclic) bond motifs is 1. The lowest BCUT2D eigenvalue weighted by Crippen LogP contribution is -2.13. The molecule has 0 amide bonds. The second-order valence-corrected chi connectivity index (χ2v) is 5.45. The van der Waals surface area contributed by atoms with Crippen LogP contribution in [0.5, 0.6) is 5.75 Å². The molecule has 0 radical (unpaired) electrons. The number of anilines is 2. The van der Waals surface area contributed by atoms with Gasteiger partial charge in [-0.15, -0.1) is 0 Å². The summed E-state index contributed by atoms with van der Waals surface area (Å²) in [4.78, 5) is 16.4. The van der Waals surface area contributed by atoms with Crippen LogP contribution in [0.15, 0.2) is 30.3 Å². The Bertz CT molecular complexity index is 793. The molecule has 5 heteroatoms. The van der Waals surface area contributed by atoms with Crippen LogP contribution in [0.2, 0.25) is 0 Å². The number of nitrogens with one attached hydrogen (secondary N) is 1. The number of nitrogens with zero attached hydrogens (tertiary/aromatic N) is 2. The minimum absolute atomic E-state index is 0.174. The highest BCUT2D eigenvalue weighted by Crippen LogP contribution is 2.27. The third-order valence-corrected chi connectivity index (χ3v) is 3.92. The van der Waals surface area contributed by atoms with Gasteiger partial charge in [0.1, 0.15) is 11.6 Å². The zero-order valence-electron chi connectivity index (χ0n) is 12.9. The van der Waals surface area contributed by atoms with Gasteiger partial charge >= 0.3 is 0 Å². The normalized spacial score (nSPS) is 13.1. The quantitative estimate of drug-likeness (QED) is 0.936. The highest BCUT2D eigenvalue weighted by Gasteiger charge is 2.18. The Morgan fingerprint density at radius 1 is 1.30 bits per heavy atom. The lowest BCUT2D eigenvalue weighted by atomic mass is 9.95. The van der Waals surface area contributed by atoms with Crippen LogP contribution in [0.1, 0.15) is 34.5 Å². The van der Waals surface area contributed by atoms with Crippen molar-refractivity contribution in [3.05, 3.63) is 47.2 Å². The number of Topliss-reactive ketones (excluding diaryl/α,β-unsaturated/α-hetero) is 1. The molecule has 116 valence electrons. The maximum atomic E-state index is 11.8. The van der Waals surface area contributed by atoms with E-state index in [0.717, 1.165) is 35.3 Å². The van der Waals surface area contributed by atoms with Crippen LogP contribution >= 0.6 is 0 Å². The maximum Gasteiger partial charge on any atom is 0.164 e. The number of benzene rings is 1. The van der Waals surface area contributed by atoms with Crippen LogP contribution in [-0.4, -0.2) is 17.9 Å². The molecule has 2 aromatic rings. The molecule has 1 aromatic carbocycles. The van der Waals surface area contributed by atoms with E-state index in [2.05, 4.69) is 16.4 Å². The summed E-state index contributed by atoms with van der Waals surface area (Å²) < 4.78 is 5.32. The Morgan fingerprint density at radius 2 is 2.17 bits per heavy atom. The van der Waals surface area contributed by atoms with Crippen LogP contribution in [-0.2, 0) is 12.8 Å². The van der Waals surface area contributed by atoms with E-state index < -0.39 is 0 Å². The van der Waals surface area contributed by atoms with Crippen molar-refractivity contribution >= 4 is 17.3 Å². The van der Waals surface area contributed by atoms with Crippen molar-refractivity contribution in [3.8, 4) is 11.8 Å². The third-order valence-electron chi connectivity index (χ3n) is 3.92. The van der Waals surface area contributed by atoms with Gasteiger partial charge in [-0.05, 0) is 31.0 Å². The van der Waals surface area contributed by atoms with Gasteiger partial charge in [-0.1, -0.05) is 6.07 Å². The zero-order chi connectivity index (χ0) is 16.2. The topological polar surface area (TPSA) is 75.0 Å². The lowest BCUT2D eigenvalue weighted by molar-refractivity contribution is 0.0971. The van der Waals surface area contributed by atoms with E-state index in [0.29, 0.717) is 24.4 Å². The predicted octanol–water partition coefficient (Wildman–Crippen LogP) is 3.42. The maximum absolute atomic E-state index is 11.8. The van der Waals surface area contributed by atoms with E-state index in [1.54, 1.807) is 7.11 Å². The summed E-state index contributed by atoms with van der Waals surface area (Å²) in [6, 6.07) is 11.4. The van der Waals surface area contributed by atoms with E-state index >= 15 is 0 Å². The smallest absolute Gasteiger partial charge is 0.164 e. The van der Waals surface area contributed by atoms with Crippen LogP contribution < -0.4 is 10.1 Å². The fraction of sp³-hybridized carbons (Fsp3) is 0.278. The molecule has 5 nitrogen and oxygen atoms in total. The lowest BCUT2D eigenvalue weighted by Gasteiger charge is -2.15. The van der Waals surface area contributed by atoms with E-state index in [1.165, 1.54) is 0 Å². The van der Waals surface area contributed by atoms with Crippen LogP contribution in [0.3, 0.4) is 0 Å². The van der Waals surface area contributed by atoms with Crippen molar-refractivity contribution in [2.45, 2.75) is 25.7 Å². The van der Waals surface area contributed by atoms with Crippen LogP contribution in [0, 0.1) is 11.3 Å². The molecule has 3 rings (SSSR count). The molecule has 1 N–H and O–H groups in total. The van der Waals surface area contributed by atoms with Gasteiger partial charge in [0, 0.05) is 29.3 Å². The minimum Gasteiger partial charge on any atom is -0.496 e. The Kier molecular flexibility index (Phi) is 4.24. The van der Waals surface area contributed by atoms with E-state index in [-0.39, 0.29) is 5.78 Å². The molecule has 1 aliphatic carbocycles. The summed E-state index contributed by atoms with van der Waals surface area (Å²) in [6.45, 7) is 0. The number of nitriles is 1. The van der Waals surface area contributed by atoms with Crippen LogP contribution in [0.4, 0.5) is 11.5 Å². The summed E-state index contributed by atoms with van der Waals surface area (Å²) in [7, 11) is 1.59. The first-order chi connectivity index (χ1) is 11.2. The molecule has 0 unspecified atom stereocenters. The average Bonchev–Trinajstić information content (AvgIpc) is 2.56. The van der Waals surface area contributed by atoms with Gasteiger partial charge in [0.25, 0.3) is 0 Å². The number of aromatic nitrogens is 1. The van der Waals surface area contributed by atoms with Crippen LogP contribution in [0.25, 0.3) is 0 Å². The fourth-order valence-electron chi connectivity index (χ4n) is 2.77. The Hall–Kier alpha value is -2.87. The Morgan fingerprint density at radius 3 is 2.96 bits per heavy atom. The molecule has 0 spiro atoms. The number of carbonyl (C=O) groups excluding carboxylic acids is 1. The van der Waals surface area contributed by atoms with Gasteiger partial charge in [-0.2, -0.15) is 5.26 Å². The van der Waals surface area contributed by atoms with Crippen molar-refractivity contribution in [2.75, 3.05) is 12.4 Å². The number of rotatable bonds is 4. The van der Waals surface area contributed by atoms with Gasteiger partial charge in [-0.3, -0.25) is 4.79 Å². The van der Waals surface area contributed by atoms with Crippen molar-refractivity contribution in [2.24, 2.45) is 0 Å². The molecule has 0 saturated carbocycles. The van der Waals surface area contributed by atoms with Gasteiger partial charge < -0.3 is 10.1 Å². The highest BCUT2D eigenvalue weighted by molar-refractivity contribution is 5.98. The Labute approximate surface area is 134 Å². The van der Waals surface area contributed by atoms with Crippen molar-refractivity contribution < 1.29 is 9.53 Å². The number of hydrogen-bond donors (Lipinski definition) is 1. The summed E-state index contributed by atoms with van der Waals surface area (Å²) >= 11 is 0. The van der Waals surface area contributed by atoms with Crippen molar-refractivity contribution in [1.29, 1.82) is 5.26 Å². The van der Waals surface area contributed by atoms with E-state index in [1.807, 2.05) is 30.3 Å². The number of aryl methyl sites for hydroxylation is 1. The summed E-state index contributed by atoms with van der Waals surface area (Å²) in [6.07, 6.45) is 2.61. The highest BCUT2D eigenvalue weighted by atomic mass is 16.5. The first kappa shape index (κ1) is 15.0. The molecule has 1 aliphatic rings. The summed E-state index contributed by atoms with van der Waals surface area (Å²) in [5, 5.41) is 12.0. The van der Waals surface area contributed by atoms with Crippen molar-refractivity contribution in [1.82, 2.24) is 4.98 Å². The number of hydrogen-bond acceptors (Lipinski definition) is 5. The van der Waals surface area contributed by atoms with E-state index in [4.69, 9.17) is 10.00 Å². The van der Waals surface area contributed by atoms with Gasteiger partial charge in [0.05, 0.1) is 25.3 Å². The second-order valence-electron chi connectivity index (χ2n) is 5.45. The summed E-state index contributed by atoms with van der Waals surface area (Å²) in [5.74, 6) is 1.55. The molecule has 0 atom stereocenters. The standard InChI is InChI=1S/C18H17N3O2/c1-23-17-11-13(6-5-12(17)9-10-19)20-18-8-7-14-15(21-18)3-2-4-16(14)22/h5-8,11H,2-4,9H2,1H3,(H,20,21). The van der Waals surface area contributed by atoms with Gasteiger partial charge in [0.2, 0.25) is 0 Å². The molecule has 1 aromatic heterocycles. The number of methoxy groups -OCH3 is 1. The minimum atomic E-state index is 0.174.